The maximum Gasteiger partial charge on any atom is 0.115 e. The SMILES string of the molecule is CCCCCCCCCCCCCCCCPC[C@@H]1O[C@H](COCc2ccccc2)[C@@H](OCc2ccccc2)[C@@H]1OCc1ccccc1. The monoisotopic (exact) mass is 674 g/mol. The minimum atomic E-state index is -0.194. The molecule has 5 heteroatoms. The van der Waals surface area contributed by atoms with Crippen LogP contribution in [0.2, 0.25) is 0 Å². The molecule has 1 fully saturated rings. The zero-order chi connectivity index (χ0) is 33.3. The lowest BCUT2D eigenvalue weighted by Gasteiger charge is -2.25. The summed E-state index contributed by atoms with van der Waals surface area (Å²) in [7, 11) is 0.867. The molecule has 264 valence electrons. The molecule has 0 N–H and O–H groups in total. The van der Waals surface area contributed by atoms with Gasteiger partial charge >= 0.3 is 0 Å². The molecule has 4 rings (SSSR count). The Morgan fingerprint density at radius 2 is 0.917 bits per heavy atom. The van der Waals surface area contributed by atoms with Crippen LogP contribution in [0.15, 0.2) is 91.0 Å². The summed E-state index contributed by atoms with van der Waals surface area (Å²) in [4.78, 5) is 0. The highest BCUT2D eigenvalue weighted by Crippen LogP contribution is 2.33. The Labute approximate surface area is 294 Å². The summed E-state index contributed by atoms with van der Waals surface area (Å²) in [6, 6.07) is 31.2. The van der Waals surface area contributed by atoms with Crippen molar-refractivity contribution in [1.82, 2.24) is 0 Å². The molecule has 1 saturated heterocycles. The van der Waals surface area contributed by atoms with Crippen LogP contribution in [0.3, 0.4) is 0 Å². The Bertz CT molecular complexity index is 1160. The molecule has 0 aromatic heterocycles. The van der Waals surface area contributed by atoms with Crippen LogP contribution in [-0.4, -0.2) is 43.3 Å². The number of unbranched alkanes of at least 4 members (excludes halogenated alkanes) is 13. The average Bonchev–Trinajstić information content (AvgIpc) is 3.46. The second-order valence-corrected chi connectivity index (χ2v) is 14.9. The summed E-state index contributed by atoms with van der Waals surface area (Å²) in [5, 5.41) is 0. The molecule has 1 aliphatic rings. The predicted octanol–water partition coefficient (Wildman–Crippen LogP) is 11.3. The molecule has 1 unspecified atom stereocenters. The van der Waals surface area contributed by atoms with E-state index in [1.54, 1.807) is 0 Å². The number of ether oxygens (including phenoxy) is 4. The predicted molar refractivity (Wildman–Crippen MR) is 203 cm³/mol. The van der Waals surface area contributed by atoms with Gasteiger partial charge in [-0.1, -0.05) is 181 Å². The molecule has 48 heavy (non-hydrogen) atoms. The van der Waals surface area contributed by atoms with Gasteiger partial charge in [0.15, 0.2) is 0 Å². The van der Waals surface area contributed by atoms with Gasteiger partial charge in [0, 0.05) is 0 Å². The van der Waals surface area contributed by atoms with Crippen LogP contribution in [-0.2, 0) is 38.8 Å². The fourth-order valence-electron chi connectivity index (χ4n) is 6.59. The lowest BCUT2D eigenvalue weighted by atomic mass is 10.0. The first-order chi connectivity index (χ1) is 23.8. The largest absolute Gasteiger partial charge is 0.374 e. The smallest absolute Gasteiger partial charge is 0.115 e. The van der Waals surface area contributed by atoms with E-state index in [1.807, 2.05) is 12.1 Å². The van der Waals surface area contributed by atoms with Gasteiger partial charge in [-0.2, -0.15) is 0 Å². The summed E-state index contributed by atoms with van der Waals surface area (Å²) in [5.41, 5.74) is 3.50. The van der Waals surface area contributed by atoms with E-state index in [-0.39, 0.29) is 24.4 Å². The molecule has 0 saturated carbocycles. The topological polar surface area (TPSA) is 36.9 Å². The lowest BCUT2D eigenvalue weighted by molar-refractivity contribution is -0.0897. The summed E-state index contributed by atoms with van der Waals surface area (Å²) < 4.78 is 26.3. The van der Waals surface area contributed by atoms with E-state index in [1.165, 1.54) is 107 Å². The Hall–Kier alpha value is -2.07. The molecule has 1 heterocycles. The first-order valence-electron chi connectivity index (χ1n) is 19.1. The summed E-state index contributed by atoms with van der Waals surface area (Å²) >= 11 is 0. The van der Waals surface area contributed by atoms with Crippen molar-refractivity contribution in [3.8, 4) is 0 Å². The third kappa shape index (κ3) is 15.6. The van der Waals surface area contributed by atoms with Gasteiger partial charge < -0.3 is 18.9 Å². The molecule has 0 bridgehead atoms. The van der Waals surface area contributed by atoms with Gasteiger partial charge in [0.25, 0.3) is 0 Å². The van der Waals surface area contributed by atoms with Gasteiger partial charge in [0.05, 0.1) is 32.5 Å². The Morgan fingerprint density at radius 1 is 0.500 bits per heavy atom. The van der Waals surface area contributed by atoms with Crippen LogP contribution in [0.25, 0.3) is 0 Å². The zero-order valence-corrected chi connectivity index (χ0v) is 30.7. The van der Waals surface area contributed by atoms with Gasteiger partial charge in [-0.3, -0.25) is 0 Å². The van der Waals surface area contributed by atoms with Crippen molar-refractivity contribution in [2.45, 2.75) is 141 Å². The molecular formula is C43H63O4P. The van der Waals surface area contributed by atoms with Crippen LogP contribution in [0.1, 0.15) is 114 Å². The molecule has 0 spiro atoms. The summed E-state index contributed by atoms with van der Waals surface area (Å²) in [6.45, 7) is 4.42. The van der Waals surface area contributed by atoms with E-state index in [0.717, 1.165) is 20.3 Å². The highest BCUT2D eigenvalue weighted by Gasteiger charge is 2.46. The Balaban J connectivity index is 1.21. The molecule has 0 aliphatic carbocycles. The maximum atomic E-state index is 6.76. The quantitative estimate of drug-likeness (QED) is 0.0596. The third-order valence-electron chi connectivity index (χ3n) is 9.42. The highest BCUT2D eigenvalue weighted by molar-refractivity contribution is 7.38. The zero-order valence-electron chi connectivity index (χ0n) is 29.7. The molecule has 3 aromatic rings. The van der Waals surface area contributed by atoms with Crippen LogP contribution in [0.4, 0.5) is 0 Å². The molecule has 4 nitrogen and oxygen atoms in total. The van der Waals surface area contributed by atoms with E-state index in [2.05, 4.69) is 85.8 Å². The Kier molecular flexibility index (Phi) is 20.1. The van der Waals surface area contributed by atoms with E-state index in [0.29, 0.717) is 26.4 Å². The van der Waals surface area contributed by atoms with Crippen molar-refractivity contribution >= 4 is 8.58 Å². The number of benzene rings is 3. The highest BCUT2D eigenvalue weighted by atomic mass is 31.1. The van der Waals surface area contributed by atoms with Crippen molar-refractivity contribution in [2.75, 3.05) is 18.9 Å². The number of hydrogen-bond acceptors (Lipinski definition) is 4. The van der Waals surface area contributed by atoms with E-state index >= 15 is 0 Å². The van der Waals surface area contributed by atoms with Gasteiger partial charge in [0.2, 0.25) is 0 Å². The van der Waals surface area contributed by atoms with Crippen LogP contribution < -0.4 is 0 Å². The first-order valence-corrected chi connectivity index (χ1v) is 20.5. The lowest BCUT2D eigenvalue weighted by Crippen LogP contribution is -2.39. The van der Waals surface area contributed by atoms with Crippen molar-refractivity contribution < 1.29 is 18.9 Å². The van der Waals surface area contributed by atoms with Crippen molar-refractivity contribution in [3.05, 3.63) is 108 Å². The second kappa shape index (κ2) is 25.0. The van der Waals surface area contributed by atoms with Gasteiger partial charge in [-0.25, -0.2) is 0 Å². The molecular weight excluding hydrogens is 611 g/mol. The molecule has 5 atom stereocenters. The maximum absolute atomic E-state index is 6.76. The first kappa shape index (κ1) is 38.7. The van der Waals surface area contributed by atoms with E-state index < -0.39 is 0 Å². The molecule has 1 aliphatic heterocycles. The molecule has 0 radical (unpaired) electrons. The normalized spacial score (nSPS) is 19.4. The fraction of sp³-hybridized carbons (Fsp3) is 0.581. The number of rotatable bonds is 27. The van der Waals surface area contributed by atoms with Crippen molar-refractivity contribution in [3.63, 3.8) is 0 Å². The average molecular weight is 675 g/mol. The van der Waals surface area contributed by atoms with Crippen LogP contribution >= 0.6 is 8.58 Å². The molecule has 3 aromatic carbocycles. The summed E-state index contributed by atoms with van der Waals surface area (Å²) in [5.74, 6) is 0. The standard InChI is InChI=1S/C43H63O4P/c1-2-3-4-5-6-7-8-9-10-11-12-13-14-24-31-48-36-41-43(46-34-39-29-22-17-23-30-39)42(45-33-38-27-20-16-21-28-38)40(47-41)35-44-32-37-25-18-15-19-26-37/h15-23,25-30,40-43,48H,2-14,24,31-36H2,1H3/t40-,41+,42-,43-/m1/s1. The number of hydrogen-bond donors (Lipinski definition) is 0. The van der Waals surface area contributed by atoms with Gasteiger partial charge in [-0.05, 0) is 35.4 Å². The summed E-state index contributed by atoms with van der Waals surface area (Å²) in [6.07, 6.45) is 21.4. The van der Waals surface area contributed by atoms with Crippen LogP contribution in [0, 0.1) is 0 Å². The second-order valence-electron chi connectivity index (χ2n) is 13.5. The third-order valence-corrected chi connectivity index (χ3v) is 10.8. The Morgan fingerprint density at radius 3 is 1.40 bits per heavy atom. The van der Waals surface area contributed by atoms with E-state index in [4.69, 9.17) is 18.9 Å². The minimum Gasteiger partial charge on any atom is -0.374 e. The van der Waals surface area contributed by atoms with Gasteiger partial charge in [0.1, 0.15) is 18.3 Å². The minimum absolute atomic E-state index is 0.00443. The van der Waals surface area contributed by atoms with Gasteiger partial charge in [-0.15, -0.1) is 8.58 Å². The van der Waals surface area contributed by atoms with Crippen molar-refractivity contribution in [1.29, 1.82) is 0 Å². The fourth-order valence-corrected chi connectivity index (χ4v) is 7.91. The van der Waals surface area contributed by atoms with Crippen LogP contribution in [0.5, 0.6) is 0 Å². The van der Waals surface area contributed by atoms with E-state index in [9.17, 15) is 0 Å². The van der Waals surface area contributed by atoms with Crippen molar-refractivity contribution in [2.24, 2.45) is 0 Å². The molecule has 0 amide bonds.